The number of carbonyl (C=O) groups is 1. The molecular weight excluding hydrogens is 314 g/mol. The van der Waals surface area contributed by atoms with E-state index in [-0.39, 0.29) is 5.91 Å². The van der Waals surface area contributed by atoms with Crippen LogP contribution in [0.3, 0.4) is 0 Å². The van der Waals surface area contributed by atoms with E-state index in [1.807, 2.05) is 30.5 Å². The molecule has 1 atom stereocenters. The summed E-state index contributed by atoms with van der Waals surface area (Å²) in [5.41, 5.74) is 1.66. The quantitative estimate of drug-likeness (QED) is 0.763. The van der Waals surface area contributed by atoms with Gasteiger partial charge in [0.15, 0.2) is 0 Å². The minimum atomic E-state index is -0.0944. The van der Waals surface area contributed by atoms with Crippen molar-refractivity contribution >= 4 is 12.0 Å². The molecule has 0 aliphatic carbocycles. The van der Waals surface area contributed by atoms with E-state index in [2.05, 4.69) is 27.8 Å². The minimum absolute atomic E-state index is 0.0944. The molecule has 1 aliphatic rings. The van der Waals surface area contributed by atoms with Gasteiger partial charge in [-0.25, -0.2) is 0 Å². The second kappa shape index (κ2) is 8.99. The van der Waals surface area contributed by atoms with Crippen LogP contribution in [0.4, 0.5) is 0 Å². The fourth-order valence-corrected chi connectivity index (χ4v) is 2.73. The normalized spacial score (nSPS) is 16.9. The number of ether oxygens (including phenoxy) is 1. The van der Waals surface area contributed by atoms with Crippen molar-refractivity contribution in [2.45, 2.75) is 18.9 Å². The smallest absolute Gasteiger partial charge is 0.251 e. The van der Waals surface area contributed by atoms with Crippen molar-refractivity contribution in [1.29, 1.82) is 0 Å². The van der Waals surface area contributed by atoms with E-state index in [1.54, 1.807) is 18.3 Å². The van der Waals surface area contributed by atoms with E-state index in [0.717, 1.165) is 12.1 Å². The van der Waals surface area contributed by atoms with Crippen molar-refractivity contribution in [1.82, 2.24) is 15.6 Å². The minimum Gasteiger partial charge on any atom is -0.490 e. The number of hydrogen-bond acceptors (Lipinski definition) is 4. The average molecular weight is 337 g/mol. The molecule has 0 saturated carbocycles. The maximum Gasteiger partial charge on any atom is 0.251 e. The van der Waals surface area contributed by atoms with E-state index in [0.29, 0.717) is 30.5 Å². The summed E-state index contributed by atoms with van der Waals surface area (Å²) in [5.74, 6) is 0.610. The Hall–Kier alpha value is -2.66. The summed E-state index contributed by atoms with van der Waals surface area (Å²) in [6.45, 7) is 1.93. The van der Waals surface area contributed by atoms with Gasteiger partial charge in [0.25, 0.3) is 5.91 Å². The predicted molar refractivity (Wildman–Crippen MR) is 98.6 cm³/mol. The third-order valence-electron chi connectivity index (χ3n) is 4.05. The Morgan fingerprint density at radius 3 is 3.00 bits per heavy atom. The van der Waals surface area contributed by atoms with Crippen molar-refractivity contribution in [3.8, 4) is 5.75 Å². The molecule has 130 valence electrons. The van der Waals surface area contributed by atoms with Gasteiger partial charge < -0.3 is 15.4 Å². The Labute approximate surface area is 148 Å². The number of rotatable bonds is 7. The van der Waals surface area contributed by atoms with Gasteiger partial charge in [0, 0.05) is 17.8 Å². The third-order valence-corrected chi connectivity index (χ3v) is 4.05. The summed E-state index contributed by atoms with van der Waals surface area (Å²) < 4.78 is 5.68. The number of benzene rings is 1. The summed E-state index contributed by atoms with van der Waals surface area (Å²) in [6.07, 6.45) is 10.2. The van der Waals surface area contributed by atoms with Crippen LogP contribution in [0.1, 0.15) is 28.8 Å². The third kappa shape index (κ3) is 5.43. The van der Waals surface area contributed by atoms with Gasteiger partial charge in [-0.15, -0.1) is 0 Å². The van der Waals surface area contributed by atoms with Gasteiger partial charge in [-0.1, -0.05) is 30.4 Å². The second-order valence-corrected chi connectivity index (χ2v) is 5.99. The summed E-state index contributed by atoms with van der Waals surface area (Å²) >= 11 is 0. The van der Waals surface area contributed by atoms with Crippen LogP contribution in [0.2, 0.25) is 0 Å². The molecule has 1 fully saturated rings. The van der Waals surface area contributed by atoms with Gasteiger partial charge in [-0.05, 0) is 43.1 Å². The van der Waals surface area contributed by atoms with Crippen molar-refractivity contribution in [3.63, 3.8) is 0 Å². The number of hydrogen-bond donors (Lipinski definition) is 2. The Morgan fingerprint density at radius 1 is 1.32 bits per heavy atom. The van der Waals surface area contributed by atoms with Gasteiger partial charge in [0.05, 0.1) is 12.7 Å². The number of aromatic nitrogens is 1. The standard InChI is InChI=1S/C20H23N3O2/c24-20(17-5-2-1-3-6-17)23-11-12-25-19-13-16(14-21-15-19)8-9-18-7-4-10-22-18/h1-3,5-6,8-9,13-15,18,22H,4,7,10-12H2,(H,23,24). The number of amides is 1. The molecule has 2 aromatic rings. The van der Waals surface area contributed by atoms with Gasteiger partial charge in [-0.2, -0.15) is 0 Å². The van der Waals surface area contributed by atoms with Gasteiger partial charge in [0.1, 0.15) is 12.4 Å². The summed E-state index contributed by atoms with van der Waals surface area (Å²) in [6, 6.07) is 11.6. The topological polar surface area (TPSA) is 63.2 Å². The van der Waals surface area contributed by atoms with Crippen molar-refractivity contribution in [2.24, 2.45) is 0 Å². The maximum absolute atomic E-state index is 11.9. The predicted octanol–water partition coefficient (Wildman–Crippen LogP) is 2.66. The van der Waals surface area contributed by atoms with Gasteiger partial charge in [-0.3, -0.25) is 9.78 Å². The lowest BCUT2D eigenvalue weighted by Gasteiger charge is -2.08. The Morgan fingerprint density at radius 2 is 2.20 bits per heavy atom. The molecule has 3 rings (SSSR count). The number of nitrogens with one attached hydrogen (secondary N) is 2. The first kappa shape index (κ1) is 17.2. The van der Waals surface area contributed by atoms with Crippen LogP contribution >= 0.6 is 0 Å². The summed E-state index contributed by atoms with van der Waals surface area (Å²) in [5, 5.41) is 6.27. The summed E-state index contributed by atoms with van der Waals surface area (Å²) in [4.78, 5) is 16.1. The lowest BCUT2D eigenvalue weighted by molar-refractivity contribution is 0.0947. The molecule has 5 nitrogen and oxygen atoms in total. The van der Waals surface area contributed by atoms with Crippen molar-refractivity contribution in [2.75, 3.05) is 19.7 Å². The van der Waals surface area contributed by atoms with Gasteiger partial charge in [0.2, 0.25) is 0 Å². The molecule has 1 aliphatic heterocycles. The molecule has 2 heterocycles. The van der Waals surface area contributed by atoms with Gasteiger partial charge >= 0.3 is 0 Å². The first-order valence-corrected chi connectivity index (χ1v) is 8.64. The highest BCUT2D eigenvalue weighted by Gasteiger charge is 2.09. The zero-order valence-corrected chi connectivity index (χ0v) is 14.2. The molecule has 1 saturated heterocycles. The monoisotopic (exact) mass is 337 g/mol. The van der Waals surface area contributed by atoms with Crippen molar-refractivity contribution in [3.05, 3.63) is 66.0 Å². The maximum atomic E-state index is 11.9. The zero-order valence-electron chi connectivity index (χ0n) is 14.2. The van der Waals surface area contributed by atoms with Crippen molar-refractivity contribution < 1.29 is 9.53 Å². The largest absolute Gasteiger partial charge is 0.490 e. The molecule has 0 radical (unpaired) electrons. The van der Waals surface area contributed by atoms with Crippen LogP contribution in [0, 0.1) is 0 Å². The molecule has 1 amide bonds. The van der Waals surface area contributed by atoms with E-state index in [1.165, 1.54) is 12.8 Å². The molecule has 2 N–H and O–H groups in total. The highest BCUT2D eigenvalue weighted by molar-refractivity contribution is 5.94. The highest BCUT2D eigenvalue weighted by Crippen LogP contribution is 2.14. The van der Waals surface area contributed by atoms with Crippen LogP contribution in [0.5, 0.6) is 5.75 Å². The Kier molecular flexibility index (Phi) is 6.17. The van der Waals surface area contributed by atoms with E-state index < -0.39 is 0 Å². The first-order valence-electron chi connectivity index (χ1n) is 8.64. The first-order chi connectivity index (χ1) is 12.3. The molecule has 1 aromatic heterocycles. The lowest BCUT2D eigenvalue weighted by atomic mass is 10.2. The molecular formula is C20H23N3O2. The molecule has 0 spiro atoms. The van der Waals surface area contributed by atoms with Crippen LogP contribution < -0.4 is 15.4 Å². The fourth-order valence-electron chi connectivity index (χ4n) is 2.73. The lowest BCUT2D eigenvalue weighted by Crippen LogP contribution is -2.28. The number of nitrogens with zero attached hydrogens (tertiary/aromatic N) is 1. The zero-order chi connectivity index (χ0) is 17.3. The molecule has 1 aromatic carbocycles. The van der Waals surface area contributed by atoms with E-state index in [9.17, 15) is 4.79 Å². The second-order valence-electron chi connectivity index (χ2n) is 5.99. The average Bonchev–Trinajstić information content (AvgIpc) is 3.18. The molecule has 5 heteroatoms. The number of carbonyl (C=O) groups excluding carboxylic acids is 1. The molecule has 1 unspecified atom stereocenters. The van der Waals surface area contributed by atoms with Crippen LogP contribution in [0.25, 0.3) is 6.08 Å². The number of pyridine rings is 1. The highest BCUT2D eigenvalue weighted by atomic mass is 16.5. The van der Waals surface area contributed by atoms with E-state index >= 15 is 0 Å². The summed E-state index contributed by atoms with van der Waals surface area (Å²) in [7, 11) is 0. The molecule has 25 heavy (non-hydrogen) atoms. The van der Waals surface area contributed by atoms with Crippen LogP contribution in [-0.2, 0) is 0 Å². The Balaban J connectivity index is 1.43. The fraction of sp³-hybridized carbons (Fsp3) is 0.300. The molecule has 0 bridgehead atoms. The van der Waals surface area contributed by atoms with Crippen LogP contribution in [-0.4, -0.2) is 36.6 Å². The Bertz CT molecular complexity index is 710. The van der Waals surface area contributed by atoms with E-state index in [4.69, 9.17) is 4.74 Å². The van der Waals surface area contributed by atoms with Crippen LogP contribution in [0.15, 0.2) is 54.9 Å². The SMILES string of the molecule is O=C(NCCOc1cncc(C=CC2CCCN2)c1)c1ccccc1.